The van der Waals surface area contributed by atoms with Crippen LogP contribution in [0.4, 0.5) is 0 Å². The maximum Gasteiger partial charge on any atom is 0.276 e. The molecular weight excluding hydrogens is 320 g/mol. The summed E-state index contributed by atoms with van der Waals surface area (Å²) in [5.74, 6) is -0.0336. The van der Waals surface area contributed by atoms with Crippen molar-refractivity contribution in [2.75, 3.05) is 0 Å². The second-order valence-electron chi connectivity index (χ2n) is 6.23. The number of thiocarbonyl (C=S) groups is 1. The van der Waals surface area contributed by atoms with Gasteiger partial charge in [-0.3, -0.25) is 9.69 Å². The molecule has 0 bridgehead atoms. The van der Waals surface area contributed by atoms with E-state index in [1.807, 2.05) is 54.9 Å². The Morgan fingerprint density at radius 2 is 1.96 bits per heavy atom. The summed E-state index contributed by atoms with van der Waals surface area (Å²) in [6.07, 6.45) is 3.93. The minimum absolute atomic E-state index is 0.0336. The predicted molar refractivity (Wildman–Crippen MR) is 96.6 cm³/mol. The third kappa shape index (κ3) is 2.43. The van der Waals surface area contributed by atoms with Crippen molar-refractivity contribution in [3.63, 3.8) is 0 Å². The van der Waals surface area contributed by atoms with Gasteiger partial charge < -0.3 is 5.32 Å². The van der Waals surface area contributed by atoms with Gasteiger partial charge in [-0.25, -0.2) is 4.68 Å². The number of aryl methyl sites for hydroxylation is 1. The number of nitrogens with one attached hydrogen (secondary N) is 1. The lowest BCUT2D eigenvalue weighted by Gasteiger charge is -2.11. The van der Waals surface area contributed by atoms with Crippen molar-refractivity contribution in [3.05, 3.63) is 53.0 Å². The molecule has 6 heteroatoms. The first-order chi connectivity index (χ1) is 11.6. The number of para-hydroxylation sites is 1. The summed E-state index contributed by atoms with van der Waals surface area (Å²) in [7, 11) is 0. The number of aromatic nitrogens is 2. The van der Waals surface area contributed by atoms with Crippen LogP contribution in [0.5, 0.6) is 0 Å². The lowest BCUT2D eigenvalue weighted by molar-refractivity contribution is -0.122. The van der Waals surface area contributed by atoms with Crippen molar-refractivity contribution in [2.24, 2.45) is 0 Å². The zero-order valence-electron chi connectivity index (χ0n) is 13.6. The van der Waals surface area contributed by atoms with Crippen LogP contribution in [0.25, 0.3) is 11.8 Å². The molecular formula is C18H18N4OS. The van der Waals surface area contributed by atoms with Crippen LogP contribution >= 0.6 is 12.2 Å². The number of benzene rings is 1. The van der Waals surface area contributed by atoms with E-state index in [0.29, 0.717) is 10.8 Å². The molecule has 122 valence electrons. The monoisotopic (exact) mass is 338 g/mol. The summed E-state index contributed by atoms with van der Waals surface area (Å²) < 4.78 is 1.90. The highest BCUT2D eigenvalue weighted by molar-refractivity contribution is 7.80. The van der Waals surface area contributed by atoms with Crippen LogP contribution in [0, 0.1) is 13.8 Å². The van der Waals surface area contributed by atoms with E-state index in [2.05, 4.69) is 10.4 Å². The quantitative estimate of drug-likeness (QED) is 0.691. The Balaban J connectivity index is 1.72. The van der Waals surface area contributed by atoms with Gasteiger partial charge >= 0.3 is 0 Å². The minimum atomic E-state index is -0.0336. The Morgan fingerprint density at radius 3 is 2.62 bits per heavy atom. The molecule has 1 aliphatic carbocycles. The first kappa shape index (κ1) is 15.1. The van der Waals surface area contributed by atoms with E-state index in [4.69, 9.17) is 12.2 Å². The van der Waals surface area contributed by atoms with E-state index in [1.54, 1.807) is 4.90 Å². The lowest BCUT2D eigenvalue weighted by Crippen LogP contribution is -2.32. The Hall–Kier alpha value is -2.47. The summed E-state index contributed by atoms with van der Waals surface area (Å²) in [6.45, 7) is 3.96. The molecule has 4 rings (SSSR count). The largest absolute Gasteiger partial charge is 0.328 e. The van der Waals surface area contributed by atoms with Gasteiger partial charge in [0.1, 0.15) is 5.70 Å². The third-order valence-electron chi connectivity index (χ3n) is 4.46. The smallest absolute Gasteiger partial charge is 0.276 e. The highest BCUT2D eigenvalue weighted by atomic mass is 32.1. The first-order valence-corrected chi connectivity index (χ1v) is 8.45. The maximum absolute atomic E-state index is 12.6. The molecule has 1 N–H and O–H groups in total. The number of amides is 1. The molecule has 2 fully saturated rings. The standard InChI is InChI=1S/C18H18N4OS/c1-11-15(12(2)22(20-11)14-6-4-3-5-7-14)10-16-17(23)21(13-8-9-13)18(24)19-16/h3-7,10,13H,8-9H2,1-2H3,(H,19,24)/b16-10+. The van der Waals surface area contributed by atoms with Crippen molar-refractivity contribution in [2.45, 2.75) is 32.7 Å². The molecule has 1 aromatic carbocycles. The molecule has 0 unspecified atom stereocenters. The Bertz CT molecular complexity index is 865. The molecule has 0 atom stereocenters. The highest BCUT2D eigenvalue weighted by Crippen LogP contribution is 2.31. The van der Waals surface area contributed by atoms with Crippen molar-refractivity contribution >= 4 is 29.3 Å². The molecule has 0 spiro atoms. The molecule has 2 aromatic rings. The van der Waals surface area contributed by atoms with Crippen molar-refractivity contribution in [1.82, 2.24) is 20.0 Å². The summed E-state index contributed by atoms with van der Waals surface area (Å²) in [6, 6.07) is 10.2. The van der Waals surface area contributed by atoms with Gasteiger partial charge in [-0.05, 0) is 57.1 Å². The highest BCUT2D eigenvalue weighted by Gasteiger charge is 2.41. The van der Waals surface area contributed by atoms with Crippen molar-refractivity contribution < 1.29 is 4.79 Å². The third-order valence-corrected chi connectivity index (χ3v) is 4.76. The van der Waals surface area contributed by atoms with E-state index in [9.17, 15) is 4.79 Å². The number of rotatable bonds is 3. The van der Waals surface area contributed by atoms with Crippen LogP contribution in [0.3, 0.4) is 0 Å². The van der Waals surface area contributed by atoms with Crippen LogP contribution < -0.4 is 5.32 Å². The van der Waals surface area contributed by atoms with E-state index in [1.165, 1.54) is 0 Å². The molecule has 2 aliphatic rings. The molecule has 1 amide bonds. The molecule has 5 nitrogen and oxygen atoms in total. The normalized spacial score (nSPS) is 19.2. The summed E-state index contributed by atoms with van der Waals surface area (Å²) >= 11 is 5.31. The molecule has 0 radical (unpaired) electrons. The van der Waals surface area contributed by atoms with Gasteiger partial charge in [0.25, 0.3) is 5.91 Å². The van der Waals surface area contributed by atoms with Crippen LogP contribution in [0.2, 0.25) is 0 Å². The Labute approximate surface area is 146 Å². The number of nitrogens with zero attached hydrogens (tertiary/aromatic N) is 3. The second-order valence-corrected chi connectivity index (χ2v) is 6.61. The fourth-order valence-electron chi connectivity index (χ4n) is 3.04. The average Bonchev–Trinajstić information content (AvgIpc) is 3.31. The lowest BCUT2D eigenvalue weighted by atomic mass is 10.1. The SMILES string of the molecule is Cc1nn(-c2ccccc2)c(C)c1/C=C1/NC(=S)N(C2CC2)C1=O. The predicted octanol–water partition coefficient (Wildman–Crippen LogP) is 2.71. The fraction of sp³-hybridized carbons (Fsp3) is 0.278. The van der Waals surface area contributed by atoms with Crippen LogP contribution in [0.15, 0.2) is 36.0 Å². The van der Waals surface area contributed by atoms with E-state index < -0.39 is 0 Å². The summed E-state index contributed by atoms with van der Waals surface area (Å²) in [5.41, 5.74) is 4.37. The molecule has 1 aliphatic heterocycles. The van der Waals surface area contributed by atoms with Gasteiger partial charge in [0.2, 0.25) is 0 Å². The Kier molecular flexibility index (Phi) is 3.49. The van der Waals surface area contributed by atoms with Crippen LogP contribution in [-0.4, -0.2) is 31.7 Å². The van der Waals surface area contributed by atoms with E-state index >= 15 is 0 Å². The zero-order chi connectivity index (χ0) is 16.8. The first-order valence-electron chi connectivity index (χ1n) is 8.04. The van der Waals surface area contributed by atoms with Gasteiger partial charge in [0, 0.05) is 17.3 Å². The number of hydrogen-bond donors (Lipinski definition) is 1. The average molecular weight is 338 g/mol. The van der Waals surface area contributed by atoms with Gasteiger partial charge in [-0.15, -0.1) is 0 Å². The number of carbonyl (C=O) groups excluding carboxylic acids is 1. The van der Waals surface area contributed by atoms with Crippen molar-refractivity contribution in [3.8, 4) is 5.69 Å². The van der Waals surface area contributed by atoms with Gasteiger partial charge in [0.05, 0.1) is 11.4 Å². The molecule has 2 heterocycles. The molecule has 1 saturated carbocycles. The van der Waals surface area contributed by atoms with Crippen LogP contribution in [0.1, 0.15) is 29.8 Å². The molecule has 1 saturated heterocycles. The van der Waals surface area contributed by atoms with Crippen molar-refractivity contribution in [1.29, 1.82) is 0 Å². The van der Waals surface area contributed by atoms with Crippen LogP contribution in [-0.2, 0) is 4.79 Å². The second kappa shape index (κ2) is 5.56. The van der Waals surface area contributed by atoms with Gasteiger partial charge in [0.15, 0.2) is 5.11 Å². The van der Waals surface area contributed by atoms with E-state index in [0.717, 1.165) is 35.5 Å². The number of carbonyl (C=O) groups is 1. The summed E-state index contributed by atoms with van der Waals surface area (Å²) in [5, 5.41) is 8.19. The number of hydrogen-bond acceptors (Lipinski definition) is 3. The maximum atomic E-state index is 12.6. The van der Waals surface area contributed by atoms with E-state index in [-0.39, 0.29) is 11.9 Å². The van der Waals surface area contributed by atoms with Gasteiger partial charge in [-0.2, -0.15) is 5.10 Å². The van der Waals surface area contributed by atoms with Gasteiger partial charge in [-0.1, -0.05) is 18.2 Å². The summed E-state index contributed by atoms with van der Waals surface area (Å²) in [4.78, 5) is 14.3. The minimum Gasteiger partial charge on any atom is -0.328 e. The Morgan fingerprint density at radius 1 is 1.25 bits per heavy atom. The topological polar surface area (TPSA) is 50.2 Å². The fourth-order valence-corrected chi connectivity index (χ4v) is 3.38. The molecule has 1 aromatic heterocycles. The zero-order valence-corrected chi connectivity index (χ0v) is 14.4. The molecule has 24 heavy (non-hydrogen) atoms.